The Morgan fingerprint density at radius 1 is 1.12 bits per heavy atom. The number of esters is 1. The lowest BCUT2D eigenvalue weighted by molar-refractivity contribution is -0.138. The van der Waals surface area contributed by atoms with Gasteiger partial charge in [-0.25, -0.2) is 4.79 Å². The first-order valence-corrected chi connectivity index (χ1v) is 9.20. The predicted octanol–water partition coefficient (Wildman–Crippen LogP) is 2.94. The average molecular weight is 369 g/mol. The number of benzene rings is 2. The number of methoxy groups -OCH3 is 1. The van der Waals surface area contributed by atoms with E-state index in [1.807, 2.05) is 30.3 Å². The molecule has 1 saturated heterocycles. The smallest absolute Gasteiger partial charge is 0.338 e. The van der Waals surface area contributed by atoms with Crippen LogP contribution in [0.5, 0.6) is 0 Å². The Labute approximate surface area is 156 Å². The molecule has 1 fully saturated rings. The van der Waals surface area contributed by atoms with Gasteiger partial charge in [0.1, 0.15) is 0 Å². The zero-order valence-electron chi connectivity index (χ0n) is 14.4. The molecule has 1 unspecified atom stereocenters. The van der Waals surface area contributed by atoms with Gasteiger partial charge in [-0.2, -0.15) is 0 Å². The summed E-state index contributed by atoms with van der Waals surface area (Å²) >= 11 is 1.25. The van der Waals surface area contributed by atoms with Crippen LogP contribution in [0.25, 0.3) is 0 Å². The van der Waals surface area contributed by atoms with Crippen molar-refractivity contribution in [3.63, 3.8) is 0 Å². The summed E-state index contributed by atoms with van der Waals surface area (Å²) in [5.41, 5.74) is 1.49. The number of carbonyl (C=O) groups is 3. The number of nitrogens with zero attached hydrogens (tertiary/aromatic N) is 1. The SMILES string of the molecule is COC(=O)c1ccccc1SC1CC(=O)N(CCc2ccccc2)C1=O. The molecule has 5 nitrogen and oxygen atoms in total. The third-order valence-electron chi connectivity index (χ3n) is 4.23. The van der Waals surface area contributed by atoms with E-state index in [4.69, 9.17) is 4.74 Å². The number of ether oxygens (including phenoxy) is 1. The molecule has 1 aliphatic heterocycles. The van der Waals surface area contributed by atoms with Gasteiger partial charge in [-0.15, -0.1) is 11.8 Å². The second-order valence-electron chi connectivity index (χ2n) is 5.92. The molecule has 26 heavy (non-hydrogen) atoms. The van der Waals surface area contributed by atoms with Gasteiger partial charge in [0.2, 0.25) is 11.8 Å². The van der Waals surface area contributed by atoms with Gasteiger partial charge in [-0.05, 0) is 24.1 Å². The van der Waals surface area contributed by atoms with Crippen molar-refractivity contribution in [1.29, 1.82) is 0 Å². The van der Waals surface area contributed by atoms with Crippen LogP contribution in [-0.4, -0.2) is 41.6 Å². The van der Waals surface area contributed by atoms with Crippen LogP contribution in [0.4, 0.5) is 0 Å². The Hall–Kier alpha value is -2.60. The third kappa shape index (κ3) is 3.96. The quantitative estimate of drug-likeness (QED) is 0.579. The van der Waals surface area contributed by atoms with Gasteiger partial charge in [0.05, 0.1) is 17.9 Å². The number of rotatable bonds is 6. The normalized spacial score (nSPS) is 16.8. The summed E-state index contributed by atoms with van der Waals surface area (Å²) < 4.78 is 4.78. The molecule has 0 N–H and O–H groups in total. The topological polar surface area (TPSA) is 63.7 Å². The lowest BCUT2D eigenvalue weighted by atomic mass is 10.1. The maximum atomic E-state index is 12.7. The number of carbonyl (C=O) groups excluding carboxylic acids is 3. The van der Waals surface area contributed by atoms with Crippen molar-refractivity contribution in [2.24, 2.45) is 0 Å². The standard InChI is InChI=1S/C20H19NO4S/c1-25-20(24)15-9-5-6-10-16(15)26-17-13-18(22)21(19(17)23)12-11-14-7-3-2-4-8-14/h2-10,17H,11-13H2,1H3. The largest absolute Gasteiger partial charge is 0.465 e. The van der Waals surface area contributed by atoms with Gasteiger partial charge in [0, 0.05) is 17.9 Å². The summed E-state index contributed by atoms with van der Waals surface area (Å²) in [6.45, 7) is 0.372. The summed E-state index contributed by atoms with van der Waals surface area (Å²) in [5.74, 6) is -0.819. The molecule has 0 bridgehead atoms. The predicted molar refractivity (Wildman–Crippen MR) is 98.9 cm³/mol. The highest BCUT2D eigenvalue weighted by molar-refractivity contribution is 8.00. The van der Waals surface area contributed by atoms with Crippen LogP contribution >= 0.6 is 11.8 Å². The molecule has 0 radical (unpaired) electrons. The van der Waals surface area contributed by atoms with Gasteiger partial charge >= 0.3 is 5.97 Å². The van der Waals surface area contributed by atoms with Crippen molar-refractivity contribution in [2.75, 3.05) is 13.7 Å². The minimum absolute atomic E-state index is 0.147. The second-order valence-corrected chi connectivity index (χ2v) is 7.16. The minimum Gasteiger partial charge on any atom is -0.465 e. The van der Waals surface area contributed by atoms with Gasteiger partial charge in [-0.1, -0.05) is 42.5 Å². The Morgan fingerprint density at radius 2 is 1.81 bits per heavy atom. The molecular weight excluding hydrogens is 350 g/mol. The fourth-order valence-corrected chi connectivity index (χ4v) is 4.06. The first-order chi connectivity index (χ1) is 12.6. The average Bonchev–Trinajstić information content (AvgIpc) is 2.93. The zero-order valence-corrected chi connectivity index (χ0v) is 15.2. The van der Waals surface area contributed by atoms with E-state index < -0.39 is 11.2 Å². The summed E-state index contributed by atoms with van der Waals surface area (Å²) in [4.78, 5) is 38.8. The fourth-order valence-electron chi connectivity index (χ4n) is 2.87. The first-order valence-electron chi connectivity index (χ1n) is 8.32. The van der Waals surface area contributed by atoms with E-state index in [2.05, 4.69) is 0 Å². The summed E-state index contributed by atoms with van der Waals surface area (Å²) in [6, 6.07) is 16.7. The Bertz CT molecular complexity index is 822. The van der Waals surface area contributed by atoms with Gasteiger partial charge < -0.3 is 4.74 Å². The second kappa shape index (κ2) is 8.19. The number of likely N-dealkylation sites (tertiary alicyclic amines) is 1. The van der Waals surface area contributed by atoms with Crippen molar-refractivity contribution < 1.29 is 19.1 Å². The highest BCUT2D eigenvalue weighted by Crippen LogP contribution is 2.33. The Kier molecular flexibility index (Phi) is 5.73. The highest BCUT2D eigenvalue weighted by Gasteiger charge is 2.39. The van der Waals surface area contributed by atoms with E-state index in [9.17, 15) is 14.4 Å². The fraction of sp³-hybridized carbons (Fsp3) is 0.250. The van der Waals surface area contributed by atoms with Crippen molar-refractivity contribution >= 4 is 29.5 Å². The molecule has 0 spiro atoms. The maximum absolute atomic E-state index is 12.7. The van der Waals surface area contributed by atoms with E-state index in [1.54, 1.807) is 24.3 Å². The van der Waals surface area contributed by atoms with Crippen molar-refractivity contribution in [3.8, 4) is 0 Å². The molecule has 0 aromatic heterocycles. The number of imide groups is 1. The summed E-state index contributed by atoms with van der Waals surface area (Å²) in [5, 5.41) is -0.510. The first kappa shape index (κ1) is 18.2. The molecule has 134 valence electrons. The van der Waals surface area contributed by atoms with Gasteiger partial charge in [0.15, 0.2) is 0 Å². The molecule has 3 rings (SSSR count). The lowest BCUT2D eigenvalue weighted by Gasteiger charge is -2.15. The number of amides is 2. The molecule has 0 aliphatic carbocycles. The van der Waals surface area contributed by atoms with E-state index in [0.29, 0.717) is 23.4 Å². The molecule has 2 aromatic carbocycles. The van der Waals surface area contributed by atoms with Gasteiger partial charge in [-0.3, -0.25) is 14.5 Å². The van der Waals surface area contributed by atoms with Crippen LogP contribution in [-0.2, 0) is 20.7 Å². The third-order valence-corrected chi connectivity index (χ3v) is 5.49. The molecule has 6 heteroatoms. The summed E-state index contributed by atoms with van der Waals surface area (Å²) in [7, 11) is 1.32. The van der Waals surface area contributed by atoms with Crippen LogP contribution < -0.4 is 0 Å². The number of hydrogen-bond acceptors (Lipinski definition) is 5. The monoisotopic (exact) mass is 369 g/mol. The molecule has 2 aromatic rings. The van der Waals surface area contributed by atoms with Crippen LogP contribution in [0.2, 0.25) is 0 Å². The van der Waals surface area contributed by atoms with Crippen LogP contribution in [0.15, 0.2) is 59.5 Å². The van der Waals surface area contributed by atoms with E-state index in [-0.39, 0.29) is 18.2 Å². The van der Waals surface area contributed by atoms with Crippen molar-refractivity contribution in [1.82, 2.24) is 4.90 Å². The van der Waals surface area contributed by atoms with Crippen LogP contribution in [0.1, 0.15) is 22.3 Å². The lowest BCUT2D eigenvalue weighted by Crippen LogP contribution is -2.33. The number of hydrogen-bond donors (Lipinski definition) is 0. The molecule has 1 heterocycles. The number of thioether (sulfide) groups is 1. The Morgan fingerprint density at radius 3 is 2.54 bits per heavy atom. The maximum Gasteiger partial charge on any atom is 0.338 e. The molecule has 1 atom stereocenters. The van der Waals surface area contributed by atoms with Crippen molar-refractivity contribution in [3.05, 3.63) is 65.7 Å². The van der Waals surface area contributed by atoms with Crippen LogP contribution in [0.3, 0.4) is 0 Å². The minimum atomic E-state index is -0.510. The van der Waals surface area contributed by atoms with Crippen molar-refractivity contribution in [2.45, 2.75) is 23.0 Å². The van der Waals surface area contributed by atoms with E-state index in [1.165, 1.54) is 23.8 Å². The van der Waals surface area contributed by atoms with E-state index in [0.717, 1.165) is 5.56 Å². The summed E-state index contributed by atoms with van der Waals surface area (Å²) in [6.07, 6.45) is 0.780. The van der Waals surface area contributed by atoms with Crippen LogP contribution in [0, 0.1) is 0 Å². The molecule has 0 saturated carbocycles. The molecular formula is C20H19NO4S. The molecule has 1 aliphatic rings. The zero-order chi connectivity index (χ0) is 18.5. The Balaban J connectivity index is 1.69. The molecule has 2 amide bonds. The van der Waals surface area contributed by atoms with E-state index >= 15 is 0 Å². The van der Waals surface area contributed by atoms with Gasteiger partial charge in [0.25, 0.3) is 0 Å². The highest BCUT2D eigenvalue weighted by atomic mass is 32.2.